The van der Waals surface area contributed by atoms with E-state index in [0.717, 1.165) is 32.4 Å². The number of ketones is 1. The highest BCUT2D eigenvalue weighted by atomic mass is 19.1. The van der Waals surface area contributed by atoms with Crippen LogP contribution in [0.4, 0.5) is 4.39 Å². The average Bonchev–Trinajstić information content (AvgIpc) is 2.83. The molecule has 1 aromatic rings. The Bertz CT molecular complexity index is 659. The predicted molar refractivity (Wildman–Crippen MR) is 136 cm³/mol. The number of methoxy groups -OCH3 is 2. The molecule has 0 saturated carbocycles. The third-order valence-electron chi connectivity index (χ3n) is 4.91. The van der Waals surface area contributed by atoms with Gasteiger partial charge in [0, 0.05) is 12.1 Å². The van der Waals surface area contributed by atoms with Crippen molar-refractivity contribution in [3.63, 3.8) is 0 Å². The van der Waals surface area contributed by atoms with Crippen LogP contribution in [-0.4, -0.2) is 39.3 Å². The van der Waals surface area contributed by atoms with Gasteiger partial charge in [0.1, 0.15) is 0 Å². The second kappa shape index (κ2) is 20.7. The first-order valence-electron chi connectivity index (χ1n) is 11.7. The van der Waals surface area contributed by atoms with E-state index in [0.29, 0.717) is 22.6 Å². The van der Waals surface area contributed by atoms with E-state index in [1.807, 2.05) is 45.9 Å². The molecule has 32 heavy (non-hydrogen) atoms. The number of nitrogens with one attached hydrogen (secondary N) is 1. The van der Waals surface area contributed by atoms with Crippen LogP contribution < -0.4 is 14.8 Å². The Morgan fingerprint density at radius 1 is 1.19 bits per heavy atom. The molecule has 0 radical (unpaired) electrons. The summed E-state index contributed by atoms with van der Waals surface area (Å²) in [4.78, 5) is 12.6. The molecule has 1 rings (SSSR count). The van der Waals surface area contributed by atoms with Gasteiger partial charge in [-0.1, -0.05) is 52.3 Å². The molecule has 2 atom stereocenters. The van der Waals surface area contributed by atoms with E-state index in [4.69, 9.17) is 9.47 Å². The van der Waals surface area contributed by atoms with Gasteiger partial charge in [0.15, 0.2) is 23.5 Å². The third-order valence-corrected chi connectivity index (χ3v) is 4.91. The minimum Gasteiger partial charge on any atom is -0.493 e. The highest BCUT2D eigenvalue weighted by molar-refractivity contribution is 6.01. The van der Waals surface area contributed by atoms with E-state index in [2.05, 4.69) is 18.8 Å². The van der Waals surface area contributed by atoms with E-state index in [1.54, 1.807) is 19.1 Å². The van der Waals surface area contributed by atoms with Gasteiger partial charge in [-0.3, -0.25) is 4.79 Å². The minimum absolute atomic E-state index is 0.174. The fraction of sp³-hybridized carbons (Fsp3) is 0.593. The zero-order valence-corrected chi connectivity index (χ0v) is 21.6. The van der Waals surface area contributed by atoms with Gasteiger partial charge >= 0.3 is 0 Å². The van der Waals surface area contributed by atoms with Crippen LogP contribution in [0.3, 0.4) is 0 Å². The van der Waals surface area contributed by atoms with Gasteiger partial charge in [-0.15, -0.1) is 6.58 Å². The van der Waals surface area contributed by atoms with Gasteiger partial charge in [-0.25, -0.2) is 4.39 Å². The molecule has 0 aliphatic heterocycles. The Hall–Kier alpha value is -2.14. The molecule has 184 valence electrons. The maximum absolute atomic E-state index is 14.7. The Kier molecular flexibility index (Phi) is 20.8. The quantitative estimate of drug-likeness (QED) is 0.197. The summed E-state index contributed by atoms with van der Waals surface area (Å²) in [6.45, 7) is 17.0. The molecule has 1 aromatic carbocycles. The van der Waals surface area contributed by atoms with Crippen molar-refractivity contribution in [2.24, 2.45) is 5.92 Å². The van der Waals surface area contributed by atoms with Gasteiger partial charge in [-0.05, 0) is 63.3 Å². The zero-order chi connectivity index (χ0) is 24.9. The molecule has 0 aliphatic rings. The SMILES string of the molecule is C/C=C/CNCCC(CC)CC(F)C(=O)c1cc(OC)c(OC)cc1C.C=CCC.CC. The number of rotatable bonds is 13. The van der Waals surface area contributed by atoms with Gasteiger partial charge in [0.2, 0.25) is 0 Å². The molecular formula is C27H46FNO3. The summed E-state index contributed by atoms with van der Waals surface area (Å²) in [6.07, 6.45) is 7.44. The van der Waals surface area contributed by atoms with Crippen LogP contribution in [0.25, 0.3) is 0 Å². The smallest absolute Gasteiger partial charge is 0.197 e. The third kappa shape index (κ3) is 12.7. The first kappa shape index (κ1) is 32.0. The fourth-order valence-electron chi connectivity index (χ4n) is 2.91. The Morgan fingerprint density at radius 3 is 2.22 bits per heavy atom. The molecule has 4 nitrogen and oxygen atoms in total. The van der Waals surface area contributed by atoms with Crippen molar-refractivity contribution in [1.82, 2.24) is 5.32 Å². The highest BCUT2D eigenvalue weighted by Gasteiger charge is 2.25. The number of Topliss-reactive ketones (excluding diaryl/α,β-unsaturated/α-hetero) is 1. The number of carbonyl (C=O) groups is 1. The zero-order valence-electron chi connectivity index (χ0n) is 21.6. The molecule has 0 spiro atoms. The second-order valence-corrected chi connectivity index (χ2v) is 7.12. The second-order valence-electron chi connectivity index (χ2n) is 7.12. The molecule has 0 heterocycles. The number of alkyl halides is 1. The molecule has 0 aromatic heterocycles. The molecule has 1 N–H and O–H groups in total. The van der Waals surface area contributed by atoms with Crippen molar-refractivity contribution in [3.05, 3.63) is 48.1 Å². The lowest BCUT2D eigenvalue weighted by Gasteiger charge is -2.18. The summed E-state index contributed by atoms with van der Waals surface area (Å²) in [5.74, 6) is 0.667. The summed E-state index contributed by atoms with van der Waals surface area (Å²) in [5, 5.41) is 3.30. The van der Waals surface area contributed by atoms with Gasteiger partial charge in [0.05, 0.1) is 14.2 Å². The van der Waals surface area contributed by atoms with Gasteiger partial charge in [0.25, 0.3) is 0 Å². The number of carbonyl (C=O) groups excluding carboxylic acids is 1. The van der Waals surface area contributed by atoms with Crippen LogP contribution in [0, 0.1) is 12.8 Å². The summed E-state index contributed by atoms with van der Waals surface area (Å²) < 4.78 is 25.2. The van der Waals surface area contributed by atoms with E-state index in [1.165, 1.54) is 14.2 Å². The van der Waals surface area contributed by atoms with E-state index in [-0.39, 0.29) is 12.3 Å². The number of hydrogen-bond donors (Lipinski definition) is 1. The molecule has 0 fully saturated rings. The molecule has 5 heteroatoms. The van der Waals surface area contributed by atoms with Crippen LogP contribution in [0.5, 0.6) is 11.5 Å². The van der Waals surface area contributed by atoms with Gasteiger partial charge in [-0.2, -0.15) is 0 Å². The normalized spacial score (nSPS) is 12.0. The van der Waals surface area contributed by atoms with Crippen LogP contribution in [-0.2, 0) is 0 Å². The molecule has 0 saturated heterocycles. The lowest BCUT2D eigenvalue weighted by atomic mass is 9.91. The largest absolute Gasteiger partial charge is 0.493 e. The Labute approximate surface area is 196 Å². The molecule has 0 aliphatic carbocycles. The summed E-state index contributed by atoms with van der Waals surface area (Å²) in [7, 11) is 3.04. The number of halogens is 1. The van der Waals surface area contributed by atoms with E-state index in [9.17, 15) is 9.18 Å². The lowest BCUT2D eigenvalue weighted by molar-refractivity contribution is 0.0846. The number of aryl methyl sites for hydroxylation is 1. The van der Waals surface area contributed by atoms with E-state index < -0.39 is 12.0 Å². The average molecular weight is 452 g/mol. The topological polar surface area (TPSA) is 47.6 Å². The van der Waals surface area contributed by atoms with Crippen molar-refractivity contribution in [1.29, 1.82) is 0 Å². The fourth-order valence-corrected chi connectivity index (χ4v) is 2.91. The molecular weight excluding hydrogens is 405 g/mol. The maximum atomic E-state index is 14.7. The number of benzene rings is 1. The predicted octanol–water partition coefficient (Wildman–Crippen LogP) is 7.11. The summed E-state index contributed by atoms with van der Waals surface area (Å²) >= 11 is 0. The first-order chi connectivity index (χ1) is 15.4. The number of ether oxygens (including phenoxy) is 2. The van der Waals surface area contributed by atoms with Crippen LogP contribution in [0.2, 0.25) is 0 Å². The van der Waals surface area contributed by atoms with Crippen molar-refractivity contribution >= 4 is 5.78 Å². The van der Waals surface area contributed by atoms with Crippen molar-refractivity contribution < 1.29 is 18.7 Å². The van der Waals surface area contributed by atoms with Crippen molar-refractivity contribution in [2.45, 2.75) is 73.4 Å². The van der Waals surface area contributed by atoms with Crippen molar-refractivity contribution in [2.75, 3.05) is 27.3 Å². The van der Waals surface area contributed by atoms with Crippen LogP contribution >= 0.6 is 0 Å². The minimum atomic E-state index is -1.51. The van der Waals surface area contributed by atoms with Crippen LogP contribution in [0.15, 0.2) is 36.9 Å². The highest BCUT2D eigenvalue weighted by Crippen LogP contribution is 2.31. The lowest BCUT2D eigenvalue weighted by Crippen LogP contribution is -2.23. The van der Waals surface area contributed by atoms with Crippen LogP contribution in [0.1, 0.15) is 76.2 Å². The maximum Gasteiger partial charge on any atom is 0.197 e. The molecule has 2 unspecified atom stereocenters. The Balaban J connectivity index is 0. The number of hydrogen-bond acceptors (Lipinski definition) is 4. The standard InChI is InChI=1S/C21H32FNO3.C4H8.C2H6/c1-6-8-10-23-11-9-16(7-2)13-18(22)21(24)17-14-20(26-5)19(25-4)12-15(17)3;1-3-4-2;1-2/h6,8,12,14,16,18,23H,7,9-11,13H2,1-5H3;3H,1,4H2,2H3;1-2H3/b8-6+;;. The molecule has 0 amide bonds. The molecule has 0 bridgehead atoms. The first-order valence-corrected chi connectivity index (χ1v) is 11.7. The summed E-state index contributed by atoms with van der Waals surface area (Å²) in [5.41, 5.74) is 1.05. The van der Waals surface area contributed by atoms with E-state index >= 15 is 0 Å². The summed E-state index contributed by atoms with van der Waals surface area (Å²) in [6, 6.07) is 3.28. The van der Waals surface area contributed by atoms with Crippen molar-refractivity contribution in [3.8, 4) is 11.5 Å². The van der Waals surface area contributed by atoms with Gasteiger partial charge < -0.3 is 14.8 Å². The Morgan fingerprint density at radius 2 is 1.75 bits per heavy atom. The number of allylic oxidation sites excluding steroid dienone is 2. The monoisotopic (exact) mass is 451 g/mol.